The first-order chi connectivity index (χ1) is 8.63. The van der Waals surface area contributed by atoms with E-state index in [2.05, 4.69) is 54.3 Å². The Morgan fingerprint density at radius 3 is 2.56 bits per heavy atom. The van der Waals surface area contributed by atoms with Gasteiger partial charge in [-0.25, -0.2) is 9.97 Å². The van der Waals surface area contributed by atoms with Gasteiger partial charge in [0, 0.05) is 24.4 Å². The van der Waals surface area contributed by atoms with Crippen molar-refractivity contribution >= 4 is 5.82 Å². The lowest BCUT2D eigenvalue weighted by Crippen LogP contribution is -2.01. The van der Waals surface area contributed by atoms with Gasteiger partial charge in [0.15, 0.2) is 5.82 Å². The lowest BCUT2D eigenvalue weighted by Gasteiger charge is -2.09. The highest BCUT2D eigenvalue weighted by Gasteiger charge is 2.08. The van der Waals surface area contributed by atoms with E-state index in [-0.39, 0.29) is 0 Å². The number of hydrogen-bond donors (Lipinski definition) is 1. The first-order valence-electron chi connectivity index (χ1n) is 6.27. The Balaban J connectivity index is 2.58. The molecule has 0 spiro atoms. The maximum atomic E-state index is 4.62. The van der Waals surface area contributed by atoms with Gasteiger partial charge in [-0.15, -0.1) is 0 Å². The van der Waals surface area contributed by atoms with Crippen LogP contribution in [0, 0.1) is 13.8 Å². The normalized spacial score (nSPS) is 10.4. The standard InChI is InChI=1S/C15H19N3/c1-5-12-9-14(16-4)18-15(17-12)13-8-10(2)6-7-11(13)3/h6-9H,5H2,1-4H3,(H,16,17,18). The van der Waals surface area contributed by atoms with E-state index in [9.17, 15) is 0 Å². The summed E-state index contributed by atoms with van der Waals surface area (Å²) in [7, 11) is 1.88. The van der Waals surface area contributed by atoms with Crippen LogP contribution in [0.1, 0.15) is 23.7 Å². The van der Waals surface area contributed by atoms with Gasteiger partial charge in [-0.1, -0.05) is 24.6 Å². The topological polar surface area (TPSA) is 37.8 Å². The van der Waals surface area contributed by atoms with Crippen molar-refractivity contribution in [3.63, 3.8) is 0 Å². The molecule has 0 aliphatic rings. The minimum atomic E-state index is 0.805. The number of hydrogen-bond acceptors (Lipinski definition) is 3. The van der Waals surface area contributed by atoms with Crippen molar-refractivity contribution in [2.75, 3.05) is 12.4 Å². The zero-order valence-corrected chi connectivity index (χ0v) is 11.4. The summed E-state index contributed by atoms with van der Waals surface area (Å²) in [5.74, 6) is 1.68. The molecule has 1 heterocycles. The molecule has 0 aliphatic heterocycles. The highest BCUT2D eigenvalue weighted by atomic mass is 15.0. The van der Waals surface area contributed by atoms with Gasteiger partial charge < -0.3 is 5.32 Å². The Labute approximate surface area is 108 Å². The molecule has 0 fully saturated rings. The smallest absolute Gasteiger partial charge is 0.162 e. The predicted octanol–water partition coefficient (Wildman–Crippen LogP) is 3.36. The van der Waals surface area contributed by atoms with Gasteiger partial charge in [-0.05, 0) is 31.9 Å². The Morgan fingerprint density at radius 1 is 1.11 bits per heavy atom. The van der Waals surface area contributed by atoms with Crippen molar-refractivity contribution < 1.29 is 0 Å². The zero-order chi connectivity index (χ0) is 13.1. The molecule has 0 atom stereocenters. The van der Waals surface area contributed by atoms with Crippen LogP contribution < -0.4 is 5.32 Å². The maximum absolute atomic E-state index is 4.62. The van der Waals surface area contributed by atoms with E-state index in [1.54, 1.807) is 0 Å². The molecule has 3 nitrogen and oxygen atoms in total. The summed E-state index contributed by atoms with van der Waals surface area (Å²) in [6.07, 6.45) is 0.912. The summed E-state index contributed by atoms with van der Waals surface area (Å²) in [5, 5.41) is 3.09. The first-order valence-corrected chi connectivity index (χ1v) is 6.27. The number of aromatic nitrogens is 2. The molecule has 18 heavy (non-hydrogen) atoms. The van der Waals surface area contributed by atoms with E-state index in [1.807, 2.05) is 13.1 Å². The second-order valence-corrected chi connectivity index (χ2v) is 4.49. The van der Waals surface area contributed by atoms with Crippen molar-refractivity contribution in [2.45, 2.75) is 27.2 Å². The molecular weight excluding hydrogens is 222 g/mol. The Morgan fingerprint density at radius 2 is 1.89 bits per heavy atom. The molecule has 94 valence electrons. The first kappa shape index (κ1) is 12.6. The van der Waals surface area contributed by atoms with Crippen LogP contribution in [-0.2, 0) is 6.42 Å². The molecule has 0 amide bonds. The van der Waals surface area contributed by atoms with Crippen molar-refractivity contribution in [1.82, 2.24) is 9.97 Å². The summed E-state index contributed by atoms with van der Waals surface area (Å²) in [6.45, 7) is 6.29. The number of benzene rings is 1. The Bertz CT molecular complexity index is 539. The minimum Gasteiger partial charge on any atom is -0.373 e. The minimum absolute atomic E-state index is 0.805. The molecular formula is C15H19N3. The lowest BCUT2D eigenvalue weighted by molar-refractivity contribution is 1.00. The zero-order valence-electron chi connectivity index (χ0n) is 11.4. The van der Waals surface area contributed by atoms with Crippen LogP contribution in [0.5, 0.6) is 0 Å². The number of nitrogens with one attached hydrogen (secondary N) is 1. The number of aryl methyl sites for hydroxylation is 3. The average Bonchev–Trinajstić information content (AvgIpc) is 2.40. The van der Waals surface area contributed by atoms with Gasteiger partial charge in [0.25, 0.3) is 0 Å². The van der Waals surface area contributed by atoms with Crippen molar-refractivity contribution in [3.05, 3.63) is 41.1 Å². The molecule has 0 aliphatic carbocycles. The Kier molecular flexibility index (Phi) is 3.60. The maximum Gasteiger partial charge on any atom is 0.162 e. The molecule has 0 unspecified atom stereocenters. The fraction of sp³-hybridized carbons (Fsp3) is 0.333. The van der Waals surface area contributed by atoms with E-state index in [0.29, 0.717) is 0 Å². The molecule has 0 saturated carbocycles. The van der Waals surface area contributed by atoms with Crippen LogP contribution in [0.15, 0.2) is 24.3 Å². The fourth-order valence-corrected chi connectivity index (χ4v) is 1.90. The highest BCUT2D eigenvalue weighted by molar-refractivity contribution is 5.62. The molecule has 0 saturated heterocycles. The third-order valence-corrected chi connectivity index (χ3v) is 3.03. The van der Waals surface area contributed by atoms with Crippen molar-refractivity contribution in [2.24, 2.45) is 0 Å². The summed E-state index contributed by atoms with van der Waals surface area (Å²) in [5.41, 5.74) is 4.61. The summed E-state index contributed by atoms with van der Waals surface area (Å²) >= 11 is 0. The van der Waals surface area contributed by atoms with Crippen molar-refractivity contribution in [3.8, 4) is 11.4 Å². The lowest BCUT2D eigenvalue weighted by atomic mass is 10.0. The van der Waals surface area contributed by atoms with Gasteiger partial charge in [-0.3, -0.25) is 0 Å². The monoisotopic (exact) mass is 241 g/mol. The number of anilines is 1. The van der Waals surface area contributed by atoms with Crippen LogP contribution >= 0.6 is 0 Å². The molecule has 0 radical (unpaired) electrons. The van der Waals surface area contributed by atoms with E-state index < -0.39 is 0 Å². The van der Waals surface area contributed by atoms with Crippen molar-refractivity contribution in [1.29, 1.82) is 0 Å². The van der Waals surface area contributed by atoms with Gasteiger partial charge >= 0.3 is 0 Å². The van der Waals surface area contributed by atoms with Crippen LogP contribution in [0.4, 0.5) is 5.82 Å². The van der Waals surface area contributed by atoms with Crippen LogP contribution in [0.25, 0.3) is 11.4 Å². The largest absolute Gasteiger partial charge is 0.373 e. The summed E-state index contributed by atoms with van der Waals surface area (Å²) < 4.78 is 0. The van der Waals surface area contributed by atoms with E-state index in [4.69, 9.17) is 0 Å². The summed E-state index contributed by atoms with van der Waals surface area (Å²) in [4.78, 5) is 9.17. The van der Waals surface area contributed by atoms with Crippen LogP contribution in [0.3, 0.4) is 0 Å². The molecule has 1 aromatic carbocycles. The number of nitrogens with zero attached hydrogens (tertiary/aromatic N) is 2. The molecule has 2 aromatic rings. The van der Waals surface area contributed by atoms with Gasteiger partial charge in [0.2, 0.25) is 0 Å². The average molecular weight is 241 g/mol. The molecule has 1 N–H and O–H groups in total. The SMILES string of the molecule is CCc1cc(NC)nc(-c2cc(C)ccc2C)n1. The molecule has 1 aromatic heterocycles. The van der Waals surface area contributed by atoms with E-state index in [0.717, 1.165) is 29.3 Å². The molecule has 0 bridgehead atoms. The van der Waals surface area contributed by atoms with Gasteiger partial charge in [0.1, 0.15) is 5.82 Å². The Hall–Kier alpha value is -1.90. The molecule has 3 heteroatoms. The fourth-order valence-electron chi connectivity index (χ4n) is 1.90. The van der Waals surface area contributed by atoms with E-state index >= 15 is 0 Å². The quantitative estimate of drug-likeness (QED) is 0.895. The second kappa shape index (κ2) is 5.17. The van der Waals surface area contributed by atoms with E-state index in [1.165, 1.54) is 11.1 Å². The molecule has 2 rings (SSSR count). The van der Waals surface area contributed by atoms with Crippen LogP contribution in [-0.4, -0.2) is 17.0 Å². The highest BCUT2D eigenvalue weighted by Crippen LogP contribution is 2.23. The number of rotatable bonds is 3. The third kappa shape index (κ3) is 2.50. The van der Waals surface area contributed by atoms with Gasteiger partial charge in [-0.2, -0.15) is 0 Å². The van der Waals surface area contributed by atoms with Crippen LogP contribution in [0.2, 0.25) is 0 Å². The second-order valence-electron chi connectivity index (χ2n) is 4.49. The third-order valence-electron chi connectivity index (χ3n) is 3.03. The summed E-state index contributed by atoms with van der Waals surface area (Å²) in [6, 6.07) is 8.37. The van der Waals surface area contributed by atoms with Gasteiger partial charge in [0.05, 0.1) is 0 Å². The predicted molar refractivity (Wildman–Crippen MR) is 75.9 cm³/mol.